The Hall–Kier alpha value is -2.22. The van der Waals surface area contributed by atoms with Crippen molar-refractivity contribution in [1.29, 1.82) is 0 Å². The van der Waals surface area contributed by atoms with Crippen LogP contribution < -0.4 is 10.7 Å². The van der Waals surface area contributed by atoms with Crippen molar-refractivity contribution in [3.05, 3.63) is 11.3 Å². The maximum atomic E-state index is 12.3. The van der Waals surface area contributed by atoms with E-state index in [1.54, 1.807) is 13.8 Å². The minimum absolute atomic E-state index is 0.0423. The summed E-state index contributed by atoms with van der Waals surface area (Å²) in [4.78, 5) is 47.6. The smallest absolute Gasteiger partial charge is 0.329 e. The molecule has 1 aliphatic heterocycles. The number of nitrogens with one attached hydrogen (secondary N) is 2. The number of Topliss-reactive ketones (excluding diaryl/α,β-unsaturated/α-hetero) is 2. The second kappa shape index (κ2) is 8.05. The summed E-state index contributed by atoms with van der Waals surface area (Å²) < 4.78 is 5.09. The monoisotopic (exact) mass is 337 g/mol. The molecule has 2 N–H and O–H groups in total. The SMILES string of the molecule is CCOC(=O)C1C2=C(NN1CC(=O)NCC(=O)CC)C(=O)CCC2. The number of ketones is 2. The summed E-state index contributed by atoms with van der Waals surface area (Å²) in [6.45, 7) is 3.45. The number of rotatable bonds is 7. The van der Waals surface area contributed by atoms with E-state index in [0.29, 0.717) is 37.0 Å². The molecule has 1 amide bonds. The molecular weight excluding hydrogens is 314 g/mol. The summed E-state index contributed by atoms with van der Waals surface area (Å²) in [5.74, 6) is -1.02. The van der Waals surface area contributed by atoms with Crippen LogP contribution >= 0.6 is 0 Å². The van der Waals surface area contributed by atoms with Crippen LogP contribution in [0.2, 0.25) is 0 Å². The average molecular weight is 337 g/mol. The van der Waals surface area contributed by atoms with Crippen LogP contribution in [0, 0.1) is 0 Å². The molecule has 0 bridgehead atoms. The molecule has 1 atom stereocenters. The Kier molecular flexibility index (Phi) is 6.08. The summed E-state index contributed by atoms with van der Waals surface area (Å²) >= 11 is 0. The first-order valence-corrected chi connectivity index (χ1v) is 8.22. The molecule has 132 valence electrons. The molecule has 0 aromatic rings. The van der Waals surface area contributed by atoms with Crippen LogP contribution in [0.25, 0.3) is 0 Å². The zero-order valence-corrected chi connectivity index (χ0v) is 14.0. The van der Waals surface area contributed by atoms with Crippen molar-refractivity contribution in [2.45, 2.75) is 45.6 Å². The highest BCUT2D eigenvalue weighted by Crippen LogP contribution is 2.31. The molecule has 2 aliphatic rings. The third-order valence-electron chi connectivity index (χ3n) is 4.05. The topological polar surface area (TPSA) is 105 Å². The zero-order valence-electron chi connectivity index (χ0n) is 14.0. The van der Waals surface area contributed by atoms with Gasteiger partial charge in [0.05, 0.1) is 25.4 Å². The van der Waals surface area contributed by atoms with Crippen LogP contribution in [0.1, 0.15) is 39.5 Å². The normalized spacial score (nSPS) is 20.4. The van der Waals surface area contributed by atoms with E-state index in [1.165, 1.54) is 5.01 Å². The molecule has 24 heavy (non-hydrogen) atoms. The predicted molar refractivity (Wildman–Crippen MR) is 84.5 cm³/mol. The van der Waals surface area contributed by atoms with Gasteiger partial charge in [-0.1, -0.05) is 6.92 Å². The molecule has 0 saturated carbocycles. The van der Waals surface area contributed by atoms with Crippen LogP contribution in [0.3, 0.4) is 0 Å². The van der Waals surface area contributed by atoms with Crippen LogP contribution in [0.5, 0.6) is 0 Å². The van der Waals surface area contributed by atoms with Crippen LogP contribution in [0.4, 0.5) is 0 Å². The summed E-state index contributed by atoms with van der Waals surface area (Å²) in [5.41, 5.74) is 3.96. The molecule has 2 rings (SSSR count). The fourth-order valence-corrected chi connectivity index (χ4v) is 2.83. The minimum atomic E-state index is -0.781. The summed E-state index contributed by atoms with van der Waals surface area (Å²) in [6.07, 6.45) is 2.06. The van der Waals surface area contributed by atoms with E-state index in [9.17, 15) is 19.2 Å². The highest BCUT2D eigenvalue weighted by atomic mass is 16.5. The molecule has 1 unspecified atom stereocenters. The molecule has 0 spiro atoms. The van der Waals surface area contributed by atoms with Gasteiger partial charge < -0.3 is 15.5 Å². The average Bonchev–Trinajstić information content (AvgIpc) is 2.92. The largest absolute Gasteiger partial charge is 0.465 e. The molecule has 1 heterocycles. The Balaban J connectivity index is 2.08. The quantitative estimate of drug-likeness (QED) is 0.622. The van der Waals surface area contributed by atoms with Crippen molar-refractivity contribution in [1.82, 2.24) is 15.8 Å². The van der Waals surface area contributed by atoms with E-state index in [1.807, 2.05) is 0 Å². The lowest BCUT2D eigenvalue weighted by molar-refractivity contribution is -0.148. The number of amides is 1. The van der Waals surface area contributed by atoms with Crippen molar-refractivity contribution < 1.29 is 23.9 Å². The summed E-state index contributed by atoms with van der Waals surface area (Å²) in [5, 5.41) is 3.93. The number of esters is 1. The van der Waals surface area contributed by atoms with Gasteiger partial charge in [-0.15, -0.1) is 0 Å². The number of hydrogen-bond acceptors (Lipinski definition) is 7. The molecule has 8 heteroatoms. The Morgan fingerprint density at radius 3 is 2.71 bits per heavy atom. The third kappa shape index (κ3) is 4.00. The van der Waals surface area contributed by atoms with E-state index in [0.717, 1.165) is 0 Å². The Labute approximate surface area is 140 Å². The first kappa shape index (κ1) is 18.1. The molecular formula is C16H23N3O5. The number of carbonyl (C=O) groups is 4. The van der Waals surface area contributed by atoms with Gasteiger partial charge in [-0.05, 0) is 25.3 Å². The van der Waals surface area contributed by atoms with Crippen LogP contribution in [-0.4, -0.2) is 54.2 Å². The highest BCUT2D eigenvalue weighted by molar-refractivity contribution is 5.99. The minimum Gasteiger partial charge on any atom is -0.465 e. The molecule has 0 aromatic carbocycles. The second-order valence-electron chi connectivity index (χ2n) is 5.74. The highest BCUT2D eigenvalue weighted by Gasteiger charge is 2.42. The number of carbonyl (C=O) groups excluding carboxylic acids is 4. The lowest BCUT2D eigenvalue weighted by atomic mass is 9.92. The fraction of sp³-hybridized carbons (Fsp3) is 0.625. The molecule has 0 aromatic heterocycles. The third-order valence-corrected chi connectivity index (χ3v) is 4.05. The van der Waals surface area contributed by atoms with Gasteiger partial charge in [0.15, 0.2) is 17.6 Å². The Bertz CT molecular complexity index is 584. The summed E-state index contributed by atoms with van der Waals surface area (Å²) in [7, 11) is 0. The van der Waals surface area contributed by atoms with E-state index >= 15 is 0 Å². The standard InChI is InChI=1S/C16H23N3O5/c1-3-10(20)8-17-13(22)9-19-15(16(23)24-4-2)11-6-5-7-12(21)14(11)18-19/h15,18H,3-9H2,1-2H3,(H,17,22). The van der Waals surface area contributed by atoms with E-state index < -0.39 is 17.9 Å². The molecule has 0 fully saturated rings. The fourth-order valence-electron chi connectivity index (χ4n) is 2.83. The van der Waals surface area contributed by atoms with E-state index in [4.69, 9.17) is 4.74 Å². The van der Waals surface area contributed by atoms with Crippen LogP contribution in [0.15, 0.2) is 11.3 Å². The van der Waals surface area contributed by atoms with E-state index in [-0.39, 0.29) is 31.3 Å². The molecule has 0 saturated heterocycles. The molecule has 0 radical (unpaired) electrons. The Morgan fingerprint density at radius 1 is 1.29 bits per heavy atom. The molecule has 1 aliphatic carbocycles. The number of hydrogen-bond donors (Lipinski definition) is 2. The van der Waals surface area contributed by atoms with Crippen molar-refractivity contribution in [2.24, 2.45) is 0 Å². The van der Waals surface area contributed by atoms with E-state index in [2.05, 4.69) is 10.7 Å². The first-order valence-electron chi connectivity index (χ1n) is 8.22. The van der Waals surface area contributed by atoms with Gasteiger partial charge in [-0.2, -0.15) is 5.01 Å². The van der Waals surface area contributed by atoms with Gasteiger partial charge in [0, 0.05) is 12.8 Å². The van der Waals surface area contributed by atoms with Crippen LogP contribution in [-0.2, 0) is 23.9 Å². The van der Waals surface area contributed by atoms with Crippen molar-refractivity contribution in [3.63, 3.8) is 0 Å². The zero-order chi connectivity index (χ0) is 17.7. The van der Waals surface area contributed by atoms with Gasteiger partial charge in [0.2, 0.25) is 5.91 Å². The second-order valence-corrected chi connectivity index (χ2v) is 5.74. The number of nitrogens with zero attached hydrogens (tertiary/aromatic N) is 1. The van der Waals surface area contributed by atoms with Gasteiger partial charge in [0.1, 0.15) is 0 Å². The number of hydrazine groups is 1. The predicted octanol–water partition coefficient (Wildman–Crippen LogP) is -0.159. The maximum Gasteiger partial charge on any atom is 0.329 e. The molecule has 8 nitrogen and oxygen atoms in total. The lowest BCUT2D eigenvalue weighted by Gasteiger charge is -2.24. The lowest BCUT2D eigenvalue weighted by Crippen LogP contribution is -2.50. The van der Waals surface area contributed by atoms with Crippen molar-refractivity contribution in [3.8, 4) is 0 Å². The number of ether oxygens (including phenoxy) is 1. The van der Waals surface area contributed by atoms with Crippen molar-refractivity contribution >= 4 is 23.4 Å². The maximum absolute atomic E-state index is 12.3. The van der Waals surface area contributed by atoms with Gasteiger partial charge >= 0.3 is 5.97 Å². The van der Waals surface area contributed by atoms with Gasteiger partial charge in [-0.25, -0.2) is 4.79 Å². The number of allylic oxidation sites excluding steroid dienone is 1. The van der Waals surface area contributed by atoms with Gasteiger partial charge in [0.25, 0.3) is 0 Å². The summed E-state index contributed by atoms with van der Waals surface area (Å²) in [6, 6.07) is -0.781. The Morgan fingerprint density at radius 2 is 2.04 bits per heavy atom. The first-order chi connectivity index (χ1) is 11.5. The van der Waals surface area contributed by atoms with Gasteiger partial charge in [-0.3, -0.25) is 14.4 Å². The van der Waals surface area contributed by atoms with Crippen molar-refractivity contribution in [2.75, 3.05) is 19.7 Å².